The molecule has 1 N–H and O–H groups in total. The molecule has 0 radical (unpaired) electrons. The standard InChI is InChI=1S/C11H21NO4S/c1-4-8(11(13)16-2)12-9-6-5-7-10(9)17(3,14)15/h8-10,12H,4-7H2,1-3H3. The van der Waals surface area contributed by atoms with Gasteiger partial charge in [-0.15, -0.1) is 0 Å². The van der Waals surface area contributed by atoms with Crippen LogP contribution < -0.4 is 5.32 Å². The molecule has 17 heavy (non-hydrogen) atoms. The van der Waals surface area contributed by atoms with E-state index in [1.165, 1.54) is 13.4 Å². The van der Waals surface area contributed by atoms with Gasteiger partial charge in [0, 0.05) is 12.3 Å². The maximum absolute atomic E-state index is 11.6. The number of hydrogen-bond acceptors (Lipinski definition) is 5. The van der Waals surface area contributed by atoms with Gasteiger partial charge in [0.05, 0.1) is 12.4 Å². The van der Waals surface area contributed by atoms with Crippen molar-refractivity contribution < 1.29 is 17.9 Å². The first-order valence-electron chi connectivity index (χ1n) is 5.92. The highest BCUT2D eigenvalue weighted by atomic mass is 32.2. The van der Waals surface area contributed by atoms with E-state index < -0.39 is 15.9 Å². The predicted octanol–water partition coefficient (Wildman–Crippen LogP) is 0.493. The summed E-state index contributed by atoms with van der Waals surface area (Å²) >= 11 is 0. The number of methoxy groups -OCH3 is 1. The lowest BCUT2D eigenvalue weighted by Crippen LogP contribution is -2.48. The zero-order valence-corrected chi connectivity index (χ0v) is 11.4. The van der Waals surface area contributed by atoms with Crippen molar-refractivity contribution in [1.82, 2.24) is 5.32 Å². The van der Waals surface area contributed by atoms with Crippen LogP contribution in [0.15, 0.2) is 0 Å². The molecule has 0 bridgehead atoms. The third kappa shape index (κ3) is 3.67. The number of carbonyl (C=O) groups excluding carboxylic acids is 1. The summed E-state index contributed by atoms with van der Waals surface area (Å²) in [6.45, 7) is 1.87. The second kappa shape index (κ2) is 5.82. The molecule has 1 aliphatic carbocycles. The third-order valence-corrected chi connectivity index (χ3v) is 4.98. The fraction of sp³-hybridized carbons (Fsp3) is 0.909. The molecule has 3 atom stereocenters. The van der Waals surface area contributed by atoms with Gasteiger partial charge in [0.25, 0.3) is 0 Å². The van der Waals surface area contributed by atoms with Gasteiger partial charge in [-0.1, -0.05) is 13.3 Å². The van der Waals surface area contributed by atoms with E-state index in [9.17, 15) is 13.2 Å². The molecule has 0 amide bonds. The van der Waals surface area contributed by atoms with E-state index in [4.69, 9.17) is 0 Å². The summed E-state index contributed by atoms with van der Waals surface area (Å²) in [5, 5.41) is 2.75. The van der Waals surface area contributed by atoms with E-state index >= 15 is 0 Å². The lowest BCUT2D eigenvalue weighted by atomic mass is 10.1. The van der Waals surface area contributed by atoms with Crippen molar-refractivity contribution in [2.75, 3.05) is 13.4 Å². The van der Waals surface area contributed by atoms with Gasteiger partial charge in [0.2, 0.25) is 0 Å². The van der Waals surface area contributed by atoms with E-state index in [0.29, 0.717) is 12.8 Å². The number of ether oxygens (including phenoxy) is 1. The van der Waals surface area contributed by atoms with Gasteiger partial charge in [0.1, 0.15) is 6.04 Å². The molecule has 1 rings (SSSR count). The Bertz CT molecular complexity index is 366. The van der Waals surface area contributed by atoms with Crippen LogP contribution in [0.3, 0.4) is 0 Å². The van der Waals surface area contributed by atoms with Gasteiger partial charge in [-0.25, -0.2) is 8.42 Å². The van der Waals surface area contributed by atoms with Crippen molar-refractivity contribution in [1.29, 1.82) is 0 Å². The van der Waals surface area contributed by atoms with E-state index in [1.54, 1.807) is 0 Å². The summed E-state index contributed by atoms with van der Waals surface area (Å²) in [6, 6.07) is -0.540. The molecule has 0 saturated heterocycles. The average Bonchev–Trinajstić information content (AvgIpc) is 2.72. The molecule has 100 valence electrons. The zero-order chi connectivity index (χ0) is 13.1. The fourth-order valence-corrected chi connectivity index (χ4v) is 3.79. The van der Waals surface area contributed by atoms with Gasteiger partial charge < -0.3 is 10.1 Å². The maximum atomic E-state index is 11.6. The fourth-order valence-electron chi connectivity index (χ4n) is 2.38. The van der Waals surface area contributed by atoms with Gasteiger partial charge in [-0.3, -0.25) is 4.79 Å². The van der Waals surface area contributed by atoms with Crippen molar-refractivity contribution in [3.8, 4) is 0 Å². The Balaban J connectivity index is 2.70. The molecule has 1 fully saturated rings. The second-order valence-corrected chi connectivity index (χ2v) is 6.82. The average molecular weight is 263 g/mol. The smallest absolute Gasteiger partial charge is 0.322 e. The summed E-state index contributed by atoms with van der Waals surface area (Å²) < 4.78 is 27.9. The number of rotatable bonds is 5. The van der Waals surface area contributed by atoms with Crippen LogP contribution in [0.25, 0.3) is 0 Å². The monoisotopic (exact) mass is 263 g/mol. The Morgan fingerprint density at radius 2 is 2.12 bits per heavy atom. The van der Waals surface area contributed by atoms with E-state index in [2.05, 4.69) is 10.1 Å². The Kier molecular flexibility index (Phi) is 4.94. The van der Waals surface area contributed by atoms with E-state index in [1.807, 2.05) is 6.92 Å². The van der Waals surface area contributed by atoms with Crippen molar-refractivity contribution in [3.63, 3.8) is 0 Å². The highest BCUT2D eigenvalue weighted by molar-refractivity contribution is 7.91. The summed E-state index contributed by atoms with van der Waals surface area (Å²) in [7, 11) is -1.71. The summed E-state index contributed by atoms with van der Waals surface area (Å²) in [6.07, 6.45) is 4.21. The first-order valence-corrected chi connectivity index (χ1v) is 7.88. The van der Waals surface area contributed by atoms with E-state index in [-0.39, 0.29) is 17.3 Å². The molecule has 0 spiro atoms. The van der Waals surface area contributed by atoms with Crippen LogP contribution in [-0.4, -0.2) is 45.1 Å². The molecule has 0 aliphatic heterocycles. The highest BCUT2D eigenvalue weighted by Crippen LogP contribution is 2.25. The SMILES string of the molecule is CCC(NC1CCCC1S(C)(=O)=O)C(=O)OC. The minimum atomic E-state index is -3.05. The van der Waals surface area contributed by atoms with Gasteiger partial charge in [-0.05, 0) is 19.3 Å². The molecule has 1 aliphatic rings. The van der Waals surface area contributed by atoms with Gasteiger partial charge in [0.15, 0.2) is 9.84 Å². The number of nitrogens with one attached hydrogen (secondary N) is 1. The number of hydrogen-bond donors (Lipinski definition) is 1. The number of sulfone groups is 1. The quantitative estimate of drug-likeness (QED) is 0.731. The minimum absolute atomic E-state index is 0.131. The number of carbonyl (C=O) groups is 1. The number of esters is 1. The third-order valence-electron chi connectivity index (χ3n) is 3.31. The lowest BCUT2D eigenvalue weighted by molar-refractivity contribution is -0.143. The van der Waals surface area contributed by atoms with Crippen molar-refractivity contribution in [3.05, 3.63) is 0 Å². The molecule has 3 unspecified atom stereocenters. The van der Waals surface area contributed by atoms with Crippen molar-refractivity contribution >= 4 is 15.8 Å². The Labute approximate surface area is 103 Å². The van der Waals surface area contributed by atoms with Crippen LogP contribution in [0.2, 0.25) is 0 Å². The Hall–Kier alpha value is -0.620. The van der Waals surface area contributed by atoms with Crippen molar-refractivity contribution in [2.45, 2.75) is 49.9 Å². The Morgan fingerprint density at radius 3 is 2.59 bits per heavy atom. The first-order chi connectivity index (χ1) is 7.90. The summed E-state index contributed by atoms with van der Waals surface area (Å²) in [5.41, 5.74) is 0. The second-order valence-electron chi connectivity index (χ2n) is 4.56. The van der Waals surface area contributed by atoms with Gasteiger partial charge in [-0.2, -0.15) is 0 Å². The normalized spacial score (nSPS) is 26.8. The molecule has 5 nitrogen and oxygen atoms in total. The molecule has 0 heterocycles. The van der Waals surface area contributed by atoms with Crippen LogP contribution in [-0.2, 0) is 19.4 Å². The highest BCUT2D eigenvalue weighted by Gasteiger charge is 2.36. The van der Waals surface area contributed by atoms with Crippen LogP contribution in [0, 0.1) is 0 Å². The van der Waals surface area contributed by atoms with Crippen LogP contribution in [0.4, 0.5) is 0 Å². The molecule has 0 aromatic carbocycles. The van der Waals surface area contributed by atoms with Crippen LogP contribution >= 0.6 is 0 Å². The molecule has 1 saturated carbocycles. The topological polar surface area (TPSA) is 72.5 Å². The molecule has 0 aromatic rings. The lowest BCUT2D eigenvalue weighted by Gasteiger charge is -2.24. The summed E-state index contributed by atoms with van der Waals surface area (Å²) in [4.78, 5) is 11.5. The predicted molar refractivity (Wildman–Crippen MR) is 65.5 cm³/mol. The van der Waals surface area contributed by atoms with Crippen molar-refractivity contribution in [2.24, 2.45) is 0 Å². The largest absolute Gasteiger partial charge is 0.468 e. The van der Waals surface area contributed by atoms with Crippen LogP contribution in [0.5, 0.6) is 0 Å². The molecular weight excluding hydrogens is 242 g/mol. The maximum Gasteiger partial charge on any atom is 0.322 e. The molecular formula is C11H21NO4S. The van der Waals surface area contributed by atoms with Crippen LogP contribution in [0.1, 0.15) is 32.6 Å². The Morgan fingerprint density at radius 1 is 1.47 bits per heavy atom. The zero-order valence-electron chi connectivity index (χ0n) is 10.6. The first kappa shape index (κ1) is 14.4. The summed E-state index contributed by atoms with van der Waals surface area (Å²) in [5.74, 6) is -0.327. The molecule has 6 heteroatoms. The molecule has 0 aromatic heterocycles. The van der Waals surface area contributed by atoms with Gasteiger partial charge >= 0.3 is 5.97 Å². The minimum Gasteiger partial charge on any atom is -0.468 e. The van der Waals surface area contributed by atoms with E-state index in [0.717, 1.165) is 12.8 Å².